The van der Waals surface area contributed by atoms with E-state index in [-0.39, 0.29) is 17.7 Å². The summed E-state index contributed by atoms with van der Waals surface area (Å²) < 4.78 is 44.3. The first-order valence-corrected chi connectivity index (χ1v) is 10.3. The van der Waals surface area contributed by atoms with E-state index in [4.69, 9.17) is 11.6 Å². The van der Waals surface area contributed by atoms with Crippen LogP contribution in [0.2, 0.25) is 0 Å². The second-order valence-corrected chi connectivity index (χ2v) is 7.83. The summed E-state index contributed by atoms with van der Waals surface area (Å²) in [6.07, 6.45) is -4.15. The van der Waals surface area contributed by atoms with Gasteiger partial charge in [0.25, 0.3) is 5.91 Å². The van der Waals surface area contributed by atoms with Crippen molar-refractivity contribution in [2.45, 2.75) is 25.7 Å². The topological polar surface area (TPSA) is 43.3 Å². The second kappa shape index (κ2) is 8.30. The third-order valence-corrected chi connectivity index (χ3v) is 5.46. The SMILES string of the molecule is Cc1cccc(-c2c(-c3cccc(OC(F)(F)F)c3)cc3n2C(CCCl)CNC3=O)c1. The van der Waals surface area contributed by atoms with Gasteiger partial charge in [-0.25, -0.2) is 0 Å². The van der Waals surface area contributed by atoms with Crippen molar-refractivity contribution in [3.05, 3.63) is 65.9 Å². The molecule has 1 unspecified atom stereocenters. The Labute approximate surface area is 182 Å². The molecule has 0 bridgehead atoms. The molecular weight excluding hydrogens is 429 g/mol. The molecule has 0 fully saturated rings. The number of aromatic nitrogens is 1. The van der Waals surface area contributed by atoms with Crippen molar-refractivity contribution in [3.8, 4) is 28.1 Å². The Morgan fingerprint density at radius 1 is 1.13 bits per heavy atom. The van der Waals surface area contributed by atoms with Gasteiger partial charge in [0.2, 0.25) is 0 Å². The number of hydrogen-bond donors (Lipinski definition) is 1. The Hall–Kier alpha value is -2.93. The highest BCUT2D eigenvalue weighted by Gasteiger charge is 2.32. The standard InChI is InChI=1S/C23H20ClF3N2O2/c1-14-4-2-6-16(10-14)21-19(15-5-3-7-18(11-15)31-23(25,26)27)12-20-22(30)28-13-17(8-9-24)29(20)21/h2-7,10-12,17H,8-9,13H2,1H3,(H,28,30). The lowest BCUT2D eigenvalue weighted by Crippen LogP contribution is -2.39. The van der Waals surface area contributed by atoms with Gasteiger partial charge in [0.1, 0.15) is 11.4 Å². The second-order valence-electron chi connectivity index (χ2n) is 7.45. The number of ether oxygens (including phenoxy) is 1. The van der Waals surface area contributed by atoms with E-state index >= 15 is 0 Å². The average Bonchev–Trinajstić information content (AvgIpc) is 3.11. The molecule has 1 amide bonds. The molecule has 0 saturated carbocycles. The molecule has 4 rings (SSSR count). The van der Waals surface area contributed by atoms with E-state index in [2.05, 4.69) is 10.1 Å². The van der Waals surface area contributed by atoms with Crippen molar-refractivity contribution in [3.63, 3.8) is 0 Å². The third-order valence-electron chi connectivity index (χ3n) is 5.25. The number of nitrogens with zero attached hydrogens (tertiary/aromatic N) is 1. The molecule has 8 heteroatoms. The maximum absolute atomic E-state index is 12.7. The van der Waals surface area contributed by atoms with Gasteiger partial charge < -0.3 is 14.6 Å². The van der Waals surface area contributed by atoms with Crippen LogP contribution >= 0.6 is 11.6 Å². The van der Waals surface area contributed by atoms with Gasteiger partial charge in [-0.3, -0.25) is 4.79 Å². The molecule has 0 aliphatic carbocycles. The van der Waals surface area contributed by atoms with Gasteiger partial charge in [-0.2, -0.15) is 0 Å². The summed E-state index contributed by atoms with van der Waals surface area (Å²) in [6, 6.07) is 15.3. The van der Waals surface area contributed by atoms with Gasteiger partial charge in [-0.1, -0.05) is 35.9 Å². The lowest BCUT2D eigenvalue weighted by molar-refractivity contribution is -0.274. The first kappa shape index (κ1) is 21.3. The number of rotatable bonds is 5. The summed E-state index contributed by atoms with van der Waals surface area (Å²) in [5, 5.41) is 2.88. The number of halogens is 4. The molecule has 1 aromatic heterocycles. The van der Waals surface area contributed by atoms with Gasteiger partial charge >= 0.3 is 6.36 Å². The molecule has 1 atom stereocenters. The van der Waals surface area contributed by atoms with Crippen molar-refractivity contribution < 1.29 is 22.7 Å². The fraction of sp³-hybridized carbons (Fsp3) is 0.261. The lowest BCUT2D eigenvalue weighted by Gasteiger charge is -2.28. The van der Waals surface area contributed by atoms with Crippen LogP contribution in [0.3, 0.4) is 0 Å². The molecule has 162 valence electrons. The van der Waals surface area contributed by atoms with E-state index in [1.807, 2.05) is 35.8 Å². The maximum Gasteiger partial charge on any atom is 0.573 e. The Morgan fingerprint density at radius 2 is 1.87 bits per heavy atom. The minimum Gasteiger partial charge on any atom is -0.406 e. The summed E-state index contributed by atoms with van der Waals surface area (Å²) in [6.45, 7) is 2.40. The Morgan fingerprint density at radius 3 is 2.58 bits per heavy atom. The summed E-state index contributed by atoms with van der Waals surface area (Å²) >= 11 is 6.02. The van der Waals surface area contributed by atoms with Crippen LogP contribution in [-0.2, 0) is 0 Å². The van der Waals surface area contributed by atoms with Crippen LogP contribution in [0.5, 0.6) is 5.75 Å². The van der Waals surface area contributed by atoms with Crippen LogP contribution in [0.15, 0.2) is 54.6 Å². The summed E-state index contributed by atoms with van der Waals surface area (Å²) in [7, 11) is 0. The molecule has 0 saturated heterocycles. The van der Waals surface area contributed by atoms with E-state index in [1.54, 1.807) is 12.1 Å². The van der Waals surface area contributed by atoms with Crippen molar-refractivity contribution >= 4 is 17.5 Å². The van der Waals surface area contributed by atoms with E-state index in [1.165, 1.54) is 18.2 Å². The van der Waals surface area contributed by atoms with Gasteiger partial charge in [-0.05, 0) is 48.7 Å². The molecular formula is C23H20ClF3N2O2. The first-order valence-electron chi connectivity index (χ1n) is 9.79. The minimum absolute atomic E-state index is 0.0657. The van der Waals surface area contributed by atoms with Gasteiger partial charge in [0.05, 0.1) is 11.7 Å². The number of benzene rings is 2. The monoisotopic (exact) mass is 448 g/mol. The van der Waals surface area contributed by atoms with Crippen molar-refractivity contribution in [2.24, 2.45) is 0 Å². The fourth-order valence-electron chi connectivity index (χ4n) is 4.00. The van der Waals surface area contributed by atoms with Crippen LogP contribution in [0.25, 0.3) is 22.4 Å². The van der Waals surface area contributed by atoms with Crippen molar-refractivity contribution in [1.29, 1.82) is 0 Å². The summed E-state index contributed by atoms with van der Waals surface area (Å²) in [5.41, 5.74) is 4.31. The predicted octanol–water partition coefficient (Wildman–Crippen LogP) is 5.94. The van der Waals surface area contributed by atoms with Gasteiger partial charge in [0.15, 0.2) is 0 Å². The van der Waals surface area contributed by atoms with E-state index in [9.17, 15) is 18.0 Å². The van der Waals surface area contributed by atoms with Crippen molar-refractivity contribution in [2.75, 3.05) is 12.4 Å². The van der Waals surface area contributed by atoms with Crippen LogP contribution in [-0.4, -0.2) is 29.3 Å². The highest BCUT2D eigenvalue weighted by Crippen LogP contribution is 2.40. The van der Waals surface area contributed by atoms with Crippen LogP contribution in [0, 0.1) is 6.92 Å². The molecule has 31 heavy (non-hydrogen) atoms. The Kier molecular flexibility index (Phi) is 5.71. The average molecular weight is 449 g/mol. The number of carbonyl (C=O) groups is 1. The number of amides is 1. The smallest absolute Gasteiger partial charge is 0.406 e. The van der Waals surface area contributed by atoms with Crippen molar-refractivity contribution in [1.82, 2.24) is 9.88 Å². The van der Waals surface area contributed by atoms with Gasteiger partial charge in [0, 0.05) is 18.0 Å². The maximum atomic E-state index is 12.7. The third kappa shape index (κ3) is 4.42. The molecule has 4 nitrogen and oxygen atoms in total. The molecule has 2 aromatic carbocycles. The molecule has 2 heterocycles. The van der Waals surface area contributed by atoms with Crippen LogP contribution < -0.4 is 10.1 Å². The molecule has 1 N–H and O–H groups in total. The molecule has 0 radical (unpaired) electrons. The fourth-order valence-corrected chi connectivity index (χ4v) is 4.25. The Bertz CT molecular complexity index is 1120. The number of aryl methyl sites for hydroxylation is 1. The number of carbonyl (C=O) groups excluding carboxylic acids is 1. The number of hydrogen-bond acceptors (Lipinski definition) is 2. The molecule has 1 aliphatic rings. The normalized spacial score (nSPS) is 16.0. The van der Waals surface area contributed by atoms with E-state index < -0.39 is 6.36 Å². The molecule has 0 spiro atoms. The Balaban J connectivity index is 1.94. The molecule has 1 aliphatic heterocycles. The first-order chi connectivity index (χ1) is 14.8. The van der Waals surface area contributed by atoms with Gasteiger partial charge in [-0.15, -0.1) is 24.8 Å². The minimum atomic E-state index is -4.79. The number of alkyl halides is 4. The van der Waals surface area contributed by atoms with E-state index in [0.717, 1.165) is 16.8 Å². The number of fused-ring (bicyclic) bond motifs is 1. The highest BCUT2D eigenvalue weighted by atomic mass is 35.5. The van der Waals surface area contributed by atoms with Crippen LogP contribution in [0.1, 0.15) is 28.5 Å². The predicted molar refractivity (Wildman–Crippen MR) is 113 cm³/mol. The highest BCUT2D eigenvalue weighted by molar-refractivity contribution is 6.17. The quantitative estimate of drug-likeness (QED) is 0.491. The summed E-state index contributed by atoms with van der Waals surface area (Å²) in [5.74, 6) is -0.129. The zero-order chi connectivity index (χ0) is 22.2. The lowest BCUT2D eigenvalue weighted by atomic mass is 9.99. The largest absolute Gasteiger partial charge is 0.573 e. The summed E-state index contributed by atoms with van der Waals surface area (Å²) in [4.78, 5) is 12.6. The van der Waals surface area contributed by atoms with Crippen LogP contribution in [0.4, 0.5) is 13.2 Å². The molecule has 3 aromatic rings. The zero-order valence-corrected chi connectivity index (χ0v) is 17.4. The number of nitrogens with one attached hydrogen (secondary N) is 1. The van der Waals surface area contributed by atoms with E-state index in [0.29, 0.717) is 35.7 Å². The zero-order valence-electron chi connectivity index (χ0n) is 16.7.